The number of hydrogen-bond acceptors (Lipinski definition) is 5. The number of nitrogens with two attached hydrogens (primary N) is 1. The Labute approximate surface area is 131 Å². The molecule has 1 heterocycles. The number of hydrogen-bond donors (Lipinski definition) is 1. The van der Waals surface area contributed by atoms with Crippen LogP contribution >= 0.6 is 0 Å². The molecule has 1 aromatic carbocycles. The van der Waals surface area contributed by atoms with E-state index in [2.05, 4.69) is 0 Å². The smallest absolute Gasteiger partial charge is 0.374 e. The molecule has 0 aliphatic carbocycles. The summed E-state index contributed by atoms with van der Waals surface area (Å²) < 4.78 is 69.7. The zero-order valence-corrected chi connectivity index (χ0v) is 12.7. The summed E-state index contributed by atoms with van der Waals surface area (Å²) in [5, 5.41) is 8.87. The normalized spacial score (nSPS) is 20.2. The van der Waals surface area contributed by atoms with Gasteiger partial charge in [0.25, 0.3) is 0 Å². The highest BCUT2D eigenvalue weighted by molar-refractivity contribution is 7.89. The second-order valence-electron chi connectivity index (χ2n) is 4.91. The van der Waals surface area contributed by atoms with Gasteiger partial charge >= 0.3 is 6.18 Å². The molecule has 0 saturated carbocycles. The zero-order chi connectivity index (χ0) is 17.3. The molecule has 0 bridgehead atoms. The molecule has 1 aliphatic rings. The Hall–Kier alpha value is -1.67. The van der Waals surface area contributed by atoms with Crippen molar-refractivity contribution in [3.63, 3.8) is 0 Å². The van der Waals surface area contributed by atoms with E-state index in [9.17, 15) is 21.6 Å². The molecule has 1 aliphatic heterocycles. The van der Waals surface area contributed by atoms with E-state index in [0.29, 0.717) is 6.07 Å². The van der Waals surface area contributed by atoms with E-state index in [4.69, 9.17) is 15.7 Å². The molecule has 0 amide bonds. The molecule has 1 unspecified atom stereocenters. The predicted molar refractivity (Wildman–Crippen MR) is 73.7 cm³/mol. The molecule has 1 aromatic rings. The van der Waals surface area contributed by atoms with Gasteiger partial charge in [0.15, 0.2) is 0 Å². The zero-order valence-electron chi connectivity index (χ0n) is 11.9. The summed E-state index contributed by atoms with van der Waals surface area (Å²) >= 11 is 0. The van der Waals surface area contributed by atoms with Crippen LogP contribution < -0.4 is 5.73 Å². The fourth-order valence-electron chi connectivity index (χ4n) is 2.23. The Balaban J connectivity index is 2.39. The minimum atomic E-state index is -4.73. The van der Waals surface area contributed by atoms with Crippen LogP contribution in [0, 0.1) is 11.3 Å². The summed E-state index contributed by atoms with van der Waals surface area (Å²) in [6.07, 6.45) is -5.19. The predicted octanol–water partition coefficient (Wildman–Crippen LogP) is 0.925. The minimum Gasteiger partial charge on any atom is -0.374 e. The van der Waals surface area contributed by atoms with E-state index in [1.165, 1.54) is 6.07 Å². The summed E-state index contributed by atoms with van der Waals surface area (Å²) in [6, 6.07) is 3.59. The summed E-state index contributed by atoms with van der Waals surface area (Å²) in [5.41, 5.74) is 3.55. The van der Waals surface area contributed by atoms with Crippen molar-refractivity contribution in [3.8, 4) is 6.07 Å². The standard InChI is InChI=1S/C13H14F3N3O3S/c14-13(15,16)12-2-1-11(5-9(12)6-17)23(20,21)19-3-4-22-10(7-18)8-19/h1-2,5,10H,3-4,7-8,18H2. The van der Waals surface area contributed by atoms with Gasteiger partial charge in [0.2, 0.25) is 10.0 Å². The lowest BCUT2D eigenvalue weighted by atomic mass is 10.1. The van der Waals surface area contributed by atoms with Crippen molar-refractivity contribution in [1.29, 1.82) is 5.26 Å². The van der Waals surface area contributed by atoms with Gasteiger partial charge in [0.1, 0.15) is 0 Å². The number of alkyl halides is 3. The molecular formula is C13H14F3N3O3S. The first-order valence-corrected chi connectivity index (χ1v) is 8.07. The number of halogens is 3. The molecule has 0 radical (unpaired) electrons. The van der Waals surface area contributed by atoms with E-state index in [0.717, 1.165) is 16.4 Å². The fourth-order valence-corrected chi connectivity index (χ4v) is 3.71. The summed E-state index contributed by atoms with van der Waals surface area (Å²) in [5.74, 6) is 0. The molecule has 1 saturated heterocycles. The lowest BCUT2D eigenvalue weighted by Gasteiger charge is -2.31. The average molecular weight is 349 g/mol. The molecule has 6 nitrogen and oxygen atoms in total. The monoisotopic (exact) mass is 349 g/mol. The van der Waals surface area contributed by atoms with Crippen LogP contribution in [0.1, 0.15) is 11.1 Å². The highest BCUT2D eigenvalue weighted by atomic mass is 32.2. The van der Waals surface area contributed by atoms with Crippen molar-refractivity contribution in [3.05, 3.63) is 29.3 Å². The van der Waals surface area contributed by atoms with Gasteiger partial charge in [0.05, 0.1) is 34.8 Å². The molecule has 1 atom stereocenters. The van der Waals surface area contributed by atoms with Crippen LogP contribution in [0.2, 0.25) is 0 Å². The van der Waals surface area contributed by atoms with Gasteiger partial charge in [-0.3, -0.25) is 0 Å². The van der Waals surface area contributed by atoms with Crippen LogP contribution in [-0.4, -0.2) is 45.1 Å². The largest absolute Gasteiger partial charge is 0.417 e. The molecule has 126 valence electrons. The molecule has 2 rings (SSSR count). The van der Waals surface area contributed by atoms with Crippen molar-refractivity contribution in [2.24, 2.45) is 5.73 Å². The maximum absolute atomic E-state index is 12.8. The molecule has 1 fully saturated rings. The molecule has 10 heteroatoms. The van der Waals surface area contributed by atoms with Crippen LogP contribution in [0.15, 0.2) is 23.1 Å². The number of ether oxygens (including phenoxy) is 1. The van der Waals surface area contributed by atoms with E-state index in [-0.39, 0.29) is 31.1 Å². The van der Waals surface area contributed by atoms with Crippen molar-refractivity contribution in [2.45, 2.75) is 17.2 Å². The van der Waals surface area contributed by atoms with Gasteiger partial charge in [-0.15, -0.1) is 0 Å². The molecular weight excluding hydrogens is 335 g/mol. The molecule has 0 aromatic heterocycles. The second-order valence-corrected chi connectivity index (χ2v) is 6.85. The summed E-state index contributed by atoms with van der Waals surface area (Å²) in [7, 11) is -4.02. The third-order valence-corrected chi connectivity index (χ3v) is 5.28. The summed E-state index contributed by atoms with van der Waals surface area (Å²) in [4.78, 5) is -0.361. The maximum Gasteiger partial charge on any atom is 0.417 e. The fraction of sp³-hybridized carbons (Fsp3) is 0.462. The topological polar surface area (TPSA) is 96.4 Å². The Morgan fingerprint density at radius 2 is 2.13 bits per heavy atom. The van der Waals surface area contributed by atoms with Crippen molar-refractivity contribution in [1.82, 2.24) is 4.31 Å². The van der Waals surface area contributed by atoms with Crippen molar-refractivity contribution >= 4 is 10.0 Å². The van der Waals surface area contributed by atoms with Gasteiger partial charge in [-0.1, -0.05) is 0 Å². The van der Waals surface area contributed by atoms with Crippen LogP contribution in [0.4, 0.5) is 13.2 Å². The molecule has 2 N–H and O–H groups in total. The van der Waals surface area contributed by atoms with Gasteiger partial charge < -0.3 is 10.5 Å². The Kier molecular flexibility index (Phi) is 4.95. The first kappa shape index (κ1) is 17.7. The molecule has 0 spiro atoms. The first-order valence-electron chi connectivity index (χ1n) is 6.63. The number of nitriles is 1. The van der Waals surface area contributed by atoms with E-state index in [1.807, 2.05) is 0 Å². The van der Waals surface area contributed by atoms with E-state index < -0.39 is 33.4 Å². The van der Waals surface area contributed by atoms with Crippen LogP contribution in [0.5, 0.6) is 0 Å². The van der Waals surface area contributed by atoms with Crippen LogP contribution in [0.3, 0.4) is 0 Å². The number of rotatable bonds is 3. The van der Waals surface area contributed by atoms with Gasteiger partial charge in [0, 0.05) is 19.6 Å². The van der Waals surface area contributed by atoms with E-state index in [1.54, 1.807) is 0 Å². The third-order valence-electron chi connectivity index (χ3n) is 3.42. The Bertz CT molecular complexity index is 728. The average Bonchev–Trinajstić information content (AvgIpc) is 2.53. The number of benzene rings is 1. The van der Waals surface area contributed by atoms with Gasteiger partial charge in [-0.2, -0.15) is 22.7 Å². The highest BCUT2D eigenvalue weighted by Gasteiger charge is 2.36. The van der Waals surface area contributed by atoms with Crippen LogP contribution in [-0.2, 0) is 20.9 Å². The van der Waals surface area contributed by atoms with Gasteiger partial charge in [-0.25, -0.2) is 8.42 Å². The third kappa shape index (κ3) is 3.64. The number of morpholine rings is 1. The second kappa shape index (κ2) is 6.45. The van der Waals surface area contributed by atoms with E-state index >= 15 is 0 Å². The minimum absolute atomic E-state index is 0.0156. The van der Waals surface area contributed by atoms with Gasteiger partial charge in [-0.05, 0) is 18.2 Å². The number of nitrogens with zero attached hydrogens (tertiary/aromatic N) is 2. The van der Waals surface area contributed by atoms with Crippen molar-refractivity contribution in [2.75, 3.05) is 26.2 Å². The lowest BCUT2D eigenvalue weighted by Crippen LogP contribution is -2.48. The first-order chi connectivity index (χ1) is 10.7. The van der Waals surface area contributed by atoms with Crippen molar-refractivity contribution < 1.29 is 26.3 Å². The Morgan fingerprint density at radius 1 is 1.43 bits per heavy atom. The Morgan fingerprint density at radius 3 is 2.70 bits per heavy atom. The summed E-state index contributed by atoms with van der Waals surface area (Å²) in [6.45, 7) is 0.360. The SMILES string of the molecule is N#Cc1cc(S(=O)(=O)N2CCOC(CN)C2)ccc1C(F)(F)F. The highest BCUT2D eigenvalue weighted by Crippen LogP contribution is 2.33. The maximum atomic E-state index is 12.8. The molecule has 23 heavy (non-hydrogen) atoms. The lowest BCUT2D eigenvalue weighted by molar-refractivity contribution is -0.137. The number of sulfonamides is 1. The quantitative estimate of drug-likeness (QED) is 0.875. The van der Waals surface area contributed by atoms with Crippen LogP contribution in [0.25, 0.3) is 0 Å².